The van der Waals surface area contributed by atoms with Crippen molar-refractivity contribution in [3.63, 3.8) is 0 Å². The van der Waals surface area contributed by atoms with Crippen LogP contribution in [0.15, 0.2) is 0 Å². The lowest BCUT2D eigenvalue weighted by atomic mass is 10.4. The summed E-state index contributed by atoms with van der Waals surface area (Å²) in [5.74, 6) is 1.32. The highest BCUT2D eigenvalue weighted by Gasteiger charge is 2.22. The van der Waals surface area contributed by atoms with Crippen molar-refractivity contribution in [3.05, 3.63) is 0 Å². The zero-order chi connectivity index (χ0) is 14.7. The molecule has 2 fully saturated rings. The Morgan fingerprint density at radius 2 is 2.00 bits per heavy atom. The van der Waals surface area contributed by atoms with Crippen LogP contribution in [0.25, 0.3) is 0 Å². The van der Waals surface area contributed by atoms with Gasteiger partial charge in [-0.05, 0) is 25.7 Å². The molecule has 4 N–H and O–H groups in total. The van der Waals surface area contributed by atoms with Crippen LogP contribution < -0.4 is 21.3 Å². The quantitative estimate of drug-likeness (QED) is 0.683. The van der Waals surface area contributed by atoms with Crippen LogP contribution >= 0.6 is 0 Å². The third-order valence-corrected chi connectivity index (χ3v) is 3.61. The van der Waals surface area contributed by atoms with Crippen LogP contribution in [-0.4, -0.2) is 46.5 Å². The number of nitrogens with one attached hydrogen (secondary N) is 2. The molecule has 2 heterocycles. The fourth-order valence-corrected chi connectivity index (χ4v) is 2.33. The van der Waals surface area contributed by atoms with Crippen molar-refractivity contribution >= 4 is 23.8 Å². The van der Waals surface area contributed by atoms with Gasteiger partial charge in [0.25, 0.3) is 0 Å². The number of nitrogen functional groups attached to an aromatic ring is 1. The first kappa shape index (κ1) is 13.8. The summed E-state index contributed by atoms with van der Waals surface area (Å²) in [5.41, 5.74) is 5.72. The molecule has 0 radical (unpaired) electrons. The minimum Gasteiger partial charge on any atom is -0.368 e. The van der Waals surface area contributed by atoms with Gasteiger partial charge >= 0.3 is 0 Å². The zero-order valence-corrected chi connectivity index (χ0v) is 12.0. The van der Waals surface area contributed by atoms with E-state index in [1.54, 1.807) is 0 Å². The summed E-state index contributed by atoms with van der Waals surface area (Å²) >= 11 is 0. The normalized spacial score (nSPS) is 17.8. The van der Waals surface area contributed by atoms with E-state index in [9.17, 15) is 4.79 Å². The van der Waals surface area contributed by atoms with Crippen molar-refractivity contribution < 1.29 is 4.79 Å². The second-order valence-electron chi connectivity index (χ2n) is 5.53. The molecular formula is C13H21N7O. The van der Waals surface area contributed by atoms with Crippen LogP contribution in [0.4, 0.5) is 17.8 Å². The molecule has 114 valence electrons. The molecule has 8 heteroatoms. The predicted octanol–water partition coefficient (Wildman–Crippen LogP) is 0.135. The molecule has 1 aromatic heterocycles. The SMILES string of the molecule is Nc1nc(NCCC(=O)NC2CC2)nc(N2CCCC2)n1. The first-order chi connectivity index (χ1) is 10.2. The van der Waals surface area contributed by atoms with Gasteiger partial charge in [0.05, 0.1) is 0 Å². The number of hydrogen-bond acceptors (Lipinski definition) is 7. The summed E-state index contributed by atoms with van der Waals surface area (Å²) < 4.78 is 0. The van der Waals surface area contributed by atoms with E-state index in [1.807, 2.05) is 0 Å². The summed E-state index contributed by atoms with van der Waals surface area (Å²) in [4.78, 5) is 26.3. The highest BCUT2D eigenvalue weighted by Crippen LogP contribution is 2.19. The van der Waals surface area contributed by atoms with Crippen molar-refractivity contribution in [2.75, 3.05) is 35.6 Å². The standard InChI is InChI=1S/C13H21N7O/c14-11-17-12(15-6-5-10(21)16-9-3-4-9)19-13(18-11)20-7-1-2-8-20/h9H,1-8H2,(H,16,21)(H3,14,15,17,18,19). The number of anilines is 3. The Labute approximate surface area is 123 Å². The molecule has 0 unspecified atom stereocenters. The Bertz CT molecular complexity index is 511. The minimum atomic E-state index is 0.0618. The first-order valence-electron chi connectivity index (χ1n) is 7.50. The molecule has 0 aromatic carbocycles. The molecule has 1 aromatic rings. The maximum absolute atomic E-state index is 11.6. The van der Waals surface area contributed by atoms with Gasteiger partial charge in [-0.25, -0.2) is 0 Å². The van der Waals surface area contributed by atoms with Gasteiger partial charge in [-0.15, -0.1) is 0 Å². The number of amides is 1. The van der Waals surface area contributed by atoms with E-state index < -0.39 is 0 Å². The Balaban J connectivity index is 1.53. The summed E-state index contributed by atoms with van der Waals surface area (Å²) in [6, 6.07) is 0.395. The smallest absolute Gasteiger partial charge is 0.231 e. The van der Waals surface area contributed by atoms with Gasteiger partial charge in [0.2, 0.25) is 23.8 Å². The van der Waals surface area contributed by atoms with E-state index in [0.29, 0.717) is 30.9 Å². The molecule has 1 aliphatic carbocycles. The molecule has 21 heavy (non-hydrogen) atoms. The van der Waals surface area contributed by atoms with Crippen LogP contribution in [0.1, 0.15) is 32.1 Å². The first-order valence-corrected chi connectivity index (χ1v) is 7.50. The van der Waals surface area contributed by atoms with E-state index in [4.69, 9.17) is 5.73 Å². The van der Waals surface area contributed by atoms with E-state index in [1.165, 1.54) is 0 Å². The maximum Gasteiger partial charge on any atom is 0.231 e. The highest BCUT2D eigenvalue weighted by molar-refractivity contribution is 5.77. The fraction of sp³-hybridized carbons (Fsp3) is 0.692. The molecule has 3 rings (SSSR count). The number of nitrogens with zero attached hydrogens (tertiary/aromatic N) is 4. The minimum absolute atomic E-state index is 0.0618. The highest BCUT2D eigenvalue weighted by atomic mass is 16.1. The van der Waals surface area contributed by atoms with Gasteiger partial charge in [-0.1, -0.05) is 0 Å². The molecular weight excluding hydrogens is 270 g/mol. The van der Waals surface area contributed by atoms with Crippen molar-refractivity contribution in [3.8, 4) is 0 Å². The molecule has 8 nitrogen and oxygen atoms in total. The predicted molar refractivity (Wildman–Crippen MR) is 80.0 cm³/mol. The summed E-state index contributed by atoms with van der Waals surface area (Å²) in [6.07, 6.45) is 4.90. The number of carbonyl (C=O) groups is 1. The van der Waals surface area contributed by atoms with Gasteiger partial charge in [-0.2, -0.15) is 15.0 Å². The topological polar surface area (TPSA) is 109 Å². The summed E-state index contributed by atoms with van der Waals surface area (Å²) in [5, 5.41) is 5.99. The van der Waals surface area contributed by atoms with Crippen molar-refractivity contribution in [1.82, 2.24) is 20.3 Å². The van der Waals surface area contributed by atoms with Crippen LogP contribution in [0.3, 0.4) is 0 Å². The molecule has 0 bridgehead atoms. The van der Waals surface area contributed by atoms with E-state index in [0.717, 1.165) is 38.8 Å². The van der Waals surface area contributed by atoms with Crippen LogP contribution in [0, 0.1) is 0 Å². The van der Waals surface area contributed by atoms with Gasteiger partial charge in [0, 0.05) is 32.1 Å². The maximum atomic E-state index is 11.6. The van der Waals surface area contributed by atoms with Crippen molar-refractivity contribution in [1.29, 1.82) is 0 Å². The van der Waals surface area contributed by atoms with Crippen LogP contribution in [0.2, 0.25) is 0 Å². The van der Waals surface area contributed by atoms with E-state index >= 15 is 0 Å². The molecule has 1 saturated carbocycles. The van der Waals surface area contributed by atoms with E-state index in [2.05, 4.69) is 30.5 Å². The summed E-state index contributed by atoms with van der Waals surface area (Å²) in [7, 11) is 0. The lowest BCUT2D eigenvalue weighted by Gasteiger charge is -2.16. The molecule has 1 saturated heterocycles. The molecule has 0 spiro atoms. The number of carbonyl (C=O) groups excluding carboxylic acids is 1. The number of hydrogen-bond donors (Lipinski definition) is 3. The van der Waals surface area contributed by atoms with Crippen molar-refractivity contribution in [2.24, 2.45) is 0 Å². The van der Waals surface area contributed by atoms with Crippen molar-refractivity contribution in [2.45, 2.75) is 38.1 Å². The zero-order valence-electron chi connectivity index (χ0n) is 12.0. The lowest BCUT2D eigenvalue weighted by molar-refractivity contribution is -0.120. The molecule has 1 aliphatic heterocycles. The monoisotopic (exact) mass is 291 g/mol. The Hall–Kier alpha value is -2.12. The Morgan fingerprint density at radius 3 is 2.71 bits per heavy atom. The Kier molecular flexibility index (Phi) is 4.03. The third kappa shape index (κ3) is 3.93. The second kappa shape index (κ2) is 6.11. The number of rotatable bonds is 6. The van der Waals surface area contributed by atoms with Gasteiger partial charge in [0.1, 0.15) is 0 Å². The summed E-state index contributed by atoms with van der Waals surface area (Å²) in [6.45, 7) is 2.39. The molecule has 1 amide bonds. The van der Waals surface area contributed by atoms with Gasteiger partial charge < -0.3 is 21.3 Å². The molecule has 2 aliphatic rings. The largest absolute Gasteiger partial charge is 0.368 e. The fourth-order valence-electron chi connectivity index (χ4n) is 2.33. The van der Waals surface area contributed by atoms with Crippen LogP contribution in [0.5, 0.6) is 0 Å². The second-order valence-corrected chi connectivity index (χ2v) is 5.53. The molecule has 0 atom stereocenters. The Morgan fingerprint density at radius 1 is 1.24 bits per heavy atom. The number of aromatic nitrogens is 3. The number of nitrogens with two attached hydrogens (primary N) is 1. The van der Waals surface area contributed by atoms with Gasteiger partial charge in [-0.3, -0.25) is 4.79 Å². The average molecular weight is 291 g/mol. The van der Waals surface area contributed by atoms with E-state index in [-0.39, 0.29) is 11.9 Å². The van der Waals surface area contributed by atoms with Crippen LogP contribution in [-0.2, 0) is 4.79 Å². The van der Waals surface area contributed by atoms with Gasteiger partial charge in [0.15, 0.2) is 0 Å². The lowest BCUT2D eigenvalue weighted by Crippen LogP contribution is -2.27. The average Bonchev–Trinajstić information content (AvgIpc) is 3.08. The third-order valence-electron chi connectivity index (χ3n) is 3.61.